The van der Waals surface area contributed by atoms with Crippen molar-refractivity contribution in [2.75, 3.05) is 60.0 Å². The zero-order chi connectivity index (χ0) is 101. The van der Waals surface area contributed by atoms with E-state index in [0.29, 0.717) is 17.9 Å². The second-order valence-electron chi connectivity index (χ2n) is 34.5. The highest BCUT2D eigenvalue weighted by molar-refractivity contribution is 6.53. The molecule has 1 heterocycles. The summed E-state index contributed by atoms with van der Waals surface area (Å²) < 4.78 is 0. The average molecular weight is 1920 g/mol. The highest BCUT2D eigenvalue weighted by Gasteiger charge is 2.66. The molecule has 13 amide bonds. The van der Waals surface area contributed by atoms with Crippen molar-refractivity contribution in [3.8, 4) is 5.75 Å². The van der Waals surface area contributed by atoms with Crippen LogP contribution in [0.3, 0.4) is 0 Å². The van der Waals surface area contributed by atoms with Crippen LogP contribution in [0.25, 0.3) is 0 Å². The molecule has 33 N–H and O–H groups in total. The first kappa shape index (κ1) is 115. The van der Waals surface area contributed by atoms with E-state index in [2.05, 4.69) is 70.7 Å². The molecule has 1 aliphatic heterocycles. The van der Waals surface area contributed by atoms with E-state index in [0.717, 1.165) is 12.8 Å². The number of aliphatic hydroxyl groups excluding tert-OH is 6. The first-order valence-electron chi connectivity index (χ1n) is 43.8. The zero-order valence-electron chi connectivity index (χ0n) is 76.4. The molecule has 0 radical (unpaired) electrons. The molecule has 48 heteroatoms. The van der Waals surface area contributed by atoms with Crippen LogP contribution in [0.5, 0.6) is 5.75 Å². The third-order valence-corrected chi connectivity index (χ3v) is 23.4. The number of rotatable bonds is 36. The minimum Gasteiger partial charge on any atom is -0.510 e. The van der Waals surface area contributed by atoms with Crippen LogP contribution in [0.2, 0.25) is 0 Å². The second-order valence-corrected chi connectivity index (χ2v) is 35.6. The summed E-state index contributed by atoms with van der Waals surface area (Å²) in [7, 11) is 3.06. The molecule has 1 unspecified atom stereocenters. The van der Waals surface area contributed by atoms with Gasteiger partial charge in [-0.2, -0.15) is 0 Å². The lowest BCUT2D eigenvalue weighted by Gasteiger charge is -2.52. The molecule has 744 valence electrons. The Balaban J connectivity index is 0.000000566. The molecule has 1 fully saturated rings. The molecule has 2 aromatic carbocycles. The number of benzene rings is 2. The number of phenolic OH excluding ortho intramolecular Hbond substituents is 1. The van der Waals surface area contributed by atoms with Crippen LogP contribution in [0.15, 0.2) is 65.1 Å². The van der Waals surface area contributed by atoms with Crippen LogP contribution in [-0.2, 0) is 72.7 Å². The summed E-state index contributed by atoms with van der Waals surface area (Å²) in [6.45, 7) is 13.4. The lowest BCUT2D eigenvalue weighted by atomic mass is 9.55. The van der Waals surface area contributed by atoms with Gasteiger partial charge < -0.3 is 144 Å². The SMILES string of the molecule is CCC(C)CCCC(=O)N[C@@H](CCN)C(=O)N[C@H](C(=O)N[C@@H](CCN)C(=O)N[C@H]1CCNC(=O)[C@H]([C@@H](C)O)NC(=O)[C@H](CCN)NC(=O)[C@H](CCN)NC(=O)[C@H](CC(C)C)NC(=O)[C@@H](CC(C)C)NC(=O)[C@H](CCN)NC1=O)[C@@H](C)O.CN(C)[C@@H]1C(O)=C(C(N)=O)C(=O)[C@@]2(O)C(O)=C3C(=O)c4c(O)cccc4[C@@](C)(O)[C@H]3C[C@@H]12.O=C(N[C@H](CO)[C@H](O)c1ccc([N+](=O)[O-])cc1)C(Cl)Cl. The molecule has 3 aliphatic carbocycles. The van der Waals surface area contributed by atoms with Crippen LogP contribution in [0.4, 0.5) is 5.69 Å². The zero-order valence-corrected chi connectivity index (χ0v) is 77.9. The third-order valence-electron chi connectivity index (χ3n) is 23.0. The van der Waals surface area contributed by atoms with E-state index in [9.17, 15) is 123 Å². The van der Waals surface area contributed by atoms with Gasteiger partial charge in [-0.15, -0.1) is 0 Å². The largest absolute Gasteiger partial charge is 0.510 e. The molecule has 0 bridgehead atoms. The summed E-state index contributed by atoms with van der Waals surface area (Å²) in [6, 6.07) is -7.41. The van der Waals surface area contributed by atoms with Gasteiger partial charge in [0.25, 0.3) is 17.5 Å². The lowest BCUT2D eigenvalue weighted by molar-refractivity contribution is -0.384. The number of carbonyl (C=O) groups excluding carboxylic acids is 15. The number of nitrogens with two attached hydrogens (primary N) is 6. The Kier molecular flexibility index (Phi) is 46.0. The number of hydrogen-bond donors (Lipinski definition) is 27. The number of Topliss-reactive ketones (excluding diaryl/α,β-unsaturated/α-hetero) is 2. The van der Waals surface area contributed by atoms with Crippen molar-refractivity contribution < 1.29 is 123 Å². The Hall–Kier alpha value is -10.7. The highest BCUT2D eigenvalue weighted by atomic mass is 35.5. The molecule has 0 spiro atoms. The van der Waals surface area contributed by atoms with Crippen LogP contribution in [0.1, 0.15) is 173 Å². The number of halogens is 2. The minimum absolute atomic E-state index is 0.0146. The van der Waals surface area contributed by atoms with Gasteiger partial charge >= 0.3 is 0 Å². The predicted molar refractivity (Wildman–Crippen MR) is 483 cm³/mol. The van der Waals surface area contributed by atoms with Crippen molar-refractivity contribution in [1.82, 2.24) is 68.7 Å². The summed E-state index contributed by atoms with van der Waals surface area (Å²) >= 11 is 10.7. The number of amides is 13. The standard InChI is InChI=1S/C52H98N16O13.C22H24N2O8.C11H12Cl2N2O5/c1-9-29(6)11-10-12-40(71)59-32(13-19-53)47(76)68-42(31(8)70)52(81)64-35(16-22-56)44(73)63-37-18-24-58-51(80)41(30(7)69)67-48(77)36(17-23-57)61-43(72)33(14-20-54)62-49(78)38(25-27(2)3)66-50(79)39(26-28(4)5)65-45(74)34(15-21-55)60-46(37)75;1-21(31)8-5-4-6-11(25)12(8)16(26)13-9(21)7-10-15(24(2)3)17(27)14(20(23)30)19(29)22(10,32)18(13)28;12-10(13)11(18)14-8(5-16)9(17)6-1-3-7(4-2-6)15(19)20/h27-39,41-42,69-70H,9-26,53-57H2,1-8H3,(H,58,80)(H,59,71)(H,60,75)(H,61,72)(H,62,78)(H,63,73)(H,64,81)(H,65,74)(H,66,79)(H,67,77)(H,68,76);4-6,9-10,15,25,27-28,31-32H,7H2,1-3H3,(H2,23,30);1-4,8-10,16-17H,5H2,(H,14,18)/t29?,30-,31-,32+,33+,34+,35+,36+,37+,38+,39-,41+,42+;9-,10-,15-,21+,22-;8-,9-/m101/s1. The number of likely N-dealkylation sites (N-methyl/N-ethyl adjacent to an activating group) is 1. The monoisotopic (exact) mass is 1920 g/mol. The van der Waals surface area contributed by atoms with E-state index < -0.39 is 260 Å². The molecule has 133 heavy (non-hydrogen) atoms. The lowest BCUT2D eigenvalue weighted by Crippen LogP contribution is -2.65. The van der Waals surface area contributed by atoms with E-state index >= 15 is 0 Å². The van der Waals surface area contributed by atoms with Gasteiger partial charge in [0, 0.05) is 42.5 Å². The normalized spacial score (nSPS) is 24.7. The van der Waals surface area contributed by atoms with Gasteiger partial charge in [0.2, 0.25) is 70.8 Å². The second kappa shape index (κ2) is 53.4. The van der Waals surface area contributed by atoms with Crippen molar-refractivity contribution in [2.24, 2.45) is 64.0 Å². The molecule has 46 nitrogen and oxygen atoms in total. The molecule has 2 aromatic rings. The summed E-state index contributed by atoms with van der Waals surface area (Å²) in [6.07, 6.45) is -3.24. The van der Waals surface area contributed by atoms with Crippen LogP contribution < -0.4 is 98.2 Å². The maximum Gasteiger partial charge on any atom is 0.269 e. The number of alkyl halides is 2. The minimum atomic E-state index is -2.75. The number of nitrogens with one attached hydrogen (secondary N) is 12. The number of aromatic hydroxyl groups is 1. The number of hydrogen-bond acceptors (Lipinski definition) is 32. The fourth-order valence-electron chi connectivity index (χ4n) is 15.6. The molecule has 6 rings (SSSR count). The van der Waals surface area contributed by atoms with Gasteiger partial charge in [0.15, 0.2) is 16.2 Å². The number of carbonyl (C=O) groups is 15. The summed E-state index contributed by atoms with van der Waals surface area (Å²) in [5, 5.41) is 136. The van der Waals surface area contributed by atoms with Gasteiger partial charge in [0.05, 0.1) is 47.0 Å². The van der Waals surface area contributed by atoms with Crippen LogP contribution in [-0.4, -0.2) is 299 Å². The van der Waals surface area contributed by atoms with E-state index in [1.54, 1.807) is 27.7 Å². The summed E-state index contributed by atoms with van der Waals surface area (Å²) in [5.41, 5.74) is 28.7. The van der Waals surface area contributed by atoms with Crippen LogP contribution in [0, 0.1) is 39.7 Å². The number of ketones is 2. The third kappa shape index (κ3) is 31.4. The van der Waals surface area contributed by atoms with Gasteiger partial charge in [-0.05, 0) is 179 Å². The summed E-state index contributed by atoms with van der Waals surface area (Å²) in [5.74, 6) is -18.2. The molecular formula is C85H134Cl2N20O26. The fraction of sp³-hybridized carbons (Fsp3) is 0.635. The van der Waals surface area contributed by atoms with Gasteiger partial charge in [-0.1, -0.05) is 89.7 Å². The number of phenols is 1. The number of primary amides is 1. The van der Waals surface area contributed by atoms with Crippen LogP contribution >= 0.6 is 23.2 Å². The smallest absolute Gasteiger partial charge is 0.269 e. The number of non-ortho nitro benzene ring substituents is 1. The molecule has 4 aliphatic rings. The van der Waals surface area contributed by atoms with E-state index in [1.807, 2.05) is 6.92 Å². The van der Waals surface area contributed by atoms with Gasteiger partial charge in [-0.3, -0.25) is 86.9 Å². The Morgan fingerprint density at radius 3 is 1.58 bits per heavy atom. The van der Waals surface area contributed by atoms with Crippen molar-refractivity contribution in [1.29, 1.82) is 0 Å². The van der Waals surface area contributed by atoms with Crippen molar-refractivity contribution in [3.05, 3.63) is 91.9 Å². The van der Waals surface area contributed by atoms with E-state index in [-0.39, 0.29) is 119 Å². The average Bonchev–Trinajstić information content (AvgIpc) is 0.687. The van der Waals surface area contributed by atoms with Gasteiger partial charge in [-0.25, -0.2) is 0 Å². The molecular weight excluding hydrogens is 1790 g/mol. The number of fused-ring (bicyclic) bond motifs is 3. The fourth-order valence-corrected chi connectivity index (χ4v) is 15.7. The molecule has 20 atom stereocenters. The Morgan fingerprint density at radius 2 is 1.13 bits per heavy atom. The summed E-state index contributed by atoms with van der Waals surface area (Å²) in [4.78, 5) is 212. The predicted octanol–water partition coefficient (Wildman–Crippen LogP) is -5.14. The number of nitro groups is 1. The maximum absolute atomic E-state index is 14.4. The molecule has 1 saturated heterocycles. The van der Waals surface area contributed by atoms with Crippen molar-refractivity contribution in [2.45, 2.75) is 253 Å². The quantitative estimate of drug-likeness (QED) is 0.0131. The Morgan fingerprint density at radius 1 is 0.632 bits per heavy atom. The Bertz CT molecular complexity index is 4480. The topological polar surface area (TPSA) is 785 Å². The van der Waals surface area contributed by atoms with E-state index in [1.165, 1.54) is 82.2 Å². The molecule has 0 saturated carbocycles. The molecule has 0 aromatic heterocycles. The number of nitro benzene ring substituents is 1. The number of nitrogens with zero attached hydrogens (tertiary/aromatic N) is 2. The van der Waals surface area contributed by atoms with E-state index in [4.69, 9.17) is 62.7 Å². The Labute approximate surface area is 779 Å². The van der Waals surface area contributed by atoms with Crippen molar-refractivity contribution in [3.63, 3.8) is 0 Å². The first-order chi connectivity index (χ1) is 62.3. The van der Waals surface area contributed by atoms with Crippen molar-refractivity contribution >= 4 is 117 Å². The number of aliphatic hydroxyl groups is 8. The highest BCUT2D eigenvalue weighted by Crippen LogP contribution is 2.56. The first-order valence-corrected chi connectivity index (χ1v) is 44.7. The maximum atomic E-state index is 14.4. The van der Waals surface area contributed by atoms with Gasteiger partial charge in [0.1, 0.15) is 89.4 Å².